The Morgan fingerprint density at radius 1 is 1.58 bits per heavy atom. The number of nitrogens with zero attached hydrogens (tertiary/aromatic N) is 1. The van der Waals surface area contributed by atoms with Crippen LogP contribution in [0.3, 0.4) is 0 Å². The zero-order valence-corrected chi connectivity index (χ0v) is 11.0. The fourth-order valence-corrected chi connectivity index (χ4v) is 1.93. The predicted molar refractivity (Wildman–Crippen MR) is 69.0 cm³/mol. The number of hydrogen-bond acceptors (Lipinski definition) is 4. The van der Waals surface area contributed by atoms with Crippen molar-refractivity contribution in [1.29, 1.82) is 0 Å². The number of hydrogen-bond donors (Lipinski definition) is 1. The first-order chi connectivity index (χ1) is 9.13. The Morgan fingerprint density at radius 2 is 2.37 bits per heavy atom. The van der Waals surface area contributed by atoms with E-state index < -0.39 is 11.9 Å². The number of carbonyl (C=O) groups excluding carboxylic acids is 1. The minimum absolute atomic E-state index is 0.153. The van der Waals surface area contributed by atoms with Gasteiger partial charge in [0.2, 0.25) is 0 Å². The van der Waals surface area contributed by atoms with E-state index in [0.29, 0.717) is 18.8 Å². The standard InChI is InChI=1S/C13H17FN2O3/c1-16(13(17)12-8-15-5-6-19-12)9-3-4-11(18-2)10(14)7-9/h3-4,7,12,15H,5-6,8H2,1-2H3/t12-/m1/s1. The lowest BCUT2D eigenvalue weighted by atomic mass is 10.2. The predicted octanol–water partition coefficient (Wildman–Crippen LogP) is 0.785. The first-order valence-corrected chi connectivity index (χ1v) is 6.07. The molecule has 2 rings (SSSR count). The molecular formula is C13H17FN2O3. The summed E-state index contributed by atoms with van der Waals surface area (Å²) in [6.45, 7) is 1.72. The summed E-state index contributed by atoms with van der Waals surface area (Å²) in [5.41, 5.74) is 0.470. The highest BCUT2D eigenvalue weighted by atomic mass is 19.1. The number of morpholine rings is 1. The fraction of sp³-hybridized carbons (Fsp3) is 0.462. The number of rotatable bonds is 3. The van der Waals surface area contributed by atoms with Gasteiger partial charge in [0.1, 0.15) is 6.10 Å². The second kappa shape index (κ2) is 5.99. The molecular weight excluding hydrogens is 251 g/mol. The summed E-state index contributed by atoms with van der Waals surface area (Å²) in [4.78, 5) is 13.6. The van der Waals surface area contributed by atoms with Crippen LogP contribution in [0.25, 0.3) is 0 Å². The Bertz CT molecular complexity index is 461. The van der Waals surface area contributed by atoms with E-state index in [4.69, 9.17) is 9.47 Å². The van der Waals surface area contributed by atoms with Crippen LogP contribution in [0, 0.1) is 5.82 Å². The smallest absolute Gasteiger partial charge is 0.257 e. The summed E-state index contributed by atoms with van der Waals surface area (Å²) in [6, 6.07) is 4.40. The van der Waals surface area contributed by atoms with Crippen molar-refractivity contribution in [2.45, 2.75) is 6.10 Å². The van der Waals surface area contributed by atoms with Gasteiger partial charge in [0.15, 0.2) is 11.6 Å². The Balaban J connectivity index is 2.11. The third kappa shape index (κ3) is 3.02. The highest BCUT2D eigenvalue weighted by Crippen LogP contribution is 2.23. The van der Waals surface area contributed by atoms with Crippen molar-refractivity contribution in [3.63, 3.8) is 0 Å². The largest absolute Gasteiger partial charge is 0.494 e. The summed E-state index contributed by atoms with van der Waals surface area (Å²) < 4.78 is 23.8. The quantitative estimate of drug-likeness (QED) is 0.880. The van der Waals surface area contributed by atoms with Crippen molar-refractivity contribution < 1.29 is 18.7 Å². The van der Waals surface area contributed by atoms with Crippen molar-refractivity contribution in [3.8, 4) is 5.75 Å². The van der Waals surface area contributed by atoms with Crippen LogP contribution in [0.1, 0.15) is 0 Å². The van der Waals surface area contributed by atoms with Gasteiger partial charge in [-0.3, -0.25) is 4.79 Å². The maximum atomic E-state index is 13.6. The van der Waals surface area contributed by atoms with E-state index in [0.717, 1.165) is 6.54 Å². The van der Waals surface area contributed by atoms with Crippen molar-refractivity contribution in [2.75, 3.05) is 38.8 Å². The van der Waals surface area contributed by atoms with Gasteiger partial charge in [-0.2, -0.15) is 0 Å². The molecule has 0 saturated carbocycles. The molecule has 1 aromatic rings. The van der Waals surface area contributed by atoms with E-state index in [1.807, 2.05) is 0 Å². The lowest BCUT2D eigenvalue weighted by molar-refractivity contribution is -0.131. The number of halogens is 1. The molecule has 5 nitrogen and oxygen atoms in total. The van der Waals surface area contributed by atoms with Crippen LogP contribution < -0.4 is 15.0 Å². The van der Waals surface area contributed by atoms with Gasteiger partial charge in [-0.1, -0.05) is 0 Å². The molecule has 1 N–H and O–H groups in total. The first-order valence-electron chi connectivity index (χ1n) is 6.07. The molecule has 19 heavy (non-hydrogen) atoms. The molecule has 1 atom stereocenters. The molecule has 0 unspecified atom stereocenters. The second-order valence-corrected chi connectivity index (χ2v) is 4.28. The molecule has 1 aromatic carbocycles. The number of carbonyl (C=O) groups is 1. The fourth-order valence-electron chi connectivity index (χ4n) is 1.93. The maximum Gasteiger partial charge on any atom is 0.257 e. The molecule has 0 aliphatic carbocycles. The van der Waals surface area contributed by atoms with Gasteiger partial charge >= 0.3 is 0 Å². The Kier molecular flexibility index (Phi) is 4.34. The van der Waals surface area contributed by atoms with Gasteiger partial charge in [-0.05, 0) is 12.1 Å². The lowest BCUT2D eigenvalue weighted by Crippen LogP contribution is -2.48. The topological polar surface area (TPSA) is 50.8 Å². The van der Waals surface area contributed by atoms with Crippen molar-refractivity contribution >= 4 is 11.6 Å². The van der Waals surface area contributed by atoms with Gasteiger partial charge < -0.3 is 19.7 Å². The Hall–Kier alpha value is -1.66. The average Bonchev–Trinajstić information content (AvgIpc) is 2.46. The molecule has 1 heterocycles. The molecule has 104 valence electrons. The molecule has 1 saturated heterocycles. The van der Waals surface area contributed by atoms with Crippen molar-refractivity contribution in [2.24, 2.45) is 0 Å². The number of amides is 1. The zero-order chi connectivity index (χ0) is 13.8. The summed E-state index contributed by atoms with van der Waals surface area (Å²) in [5, 5.41) is 3.09. The third-order valence-corrected chi connectivity index (χ3v) is 3.06. The van der Waals surface area contributed by atoms with Gasteiger partial charge in [0.25, 0.3) is 5.91 Å². The number of benzene rings is 1. The third-order valence-electron chi connectivity index (χ3n) is 3.06. The van der Waals surface area contributed by atoms with Crippen LogP contribution in [0.4, 0.5) is 10.1 Å². The Morgan fingerprint density at radius 3 is 2.95 bits per heavy atom. The molecule has 0 spiro atoms. The molecule has 1 aliphatic rings. The average molecular weight is 268 g/mol. The van der Waals surface area contributed by atoms with E-state index >= 15 is 0 Å². The van der Waals surface area contributed by atoms with Crippen LogP contribution in [0.2, 0.25) is 0 Å². The Labute approximate surface area is 111 Å². The van der Waals surface area contributed by atoms with E-state index in [-0.39, 0.29) is 11.7 Å². The minimum Gasteiger partial charge on any atom is -0.494 e. The molecule has 0 bridgehead atoms. The monoisotopic (exact) mass is 268 g/mol. The van der Waals surface area contributed by atoms with E-state index in [1.54, 1.807) is 13.1 Å². The molecule has 1 fully saturated rings. The highest BCUT2D eigenvalue weighted by molar-refractivity contribution is 5.96. The SMILES string of the molecule is COc1ccc(N(C)C(=O)[C@H]2CNCCO2)cc1F. The minimum atomic E-state index is -0.524. The van der Waals surface area contributed by atoms with Crippen LogP contribution in [-0.4, -0.2) is 45.9 Å². The first kappa shape index (κ1) is 13.8. The van der Waals surface area contributed by atoms with Gasteiger partial charge in [0, 0.05) is 31.9 Å². The summed E-state index contributed by atoms with van der Waals surface area (Å²) in [6.07, 6.45) is -0.524. The molecule has 0 aromatic heterocycles. The van der Waals surface area contributed by atoms with Crippen molar-refractivity contribution in [3.05, 3.63) is 24.0 Å². The number of ether oxygens (including phenoxy) is 2. The molecule has 1 amide bonds. The number of anilines is 1. The van der Waals surface area contributed by atoms with Gasteiger partial charge in [-0.25, -0.2) is 4.39 Å². The van der Waals surface area contributed by atoms with Crippen LogP contribution in [0.5, 0.6) is 5.75 Å². The highest BCUT2D eigenvalue weighted by Gasteiger charge is 2.26. The van der Waals surface area contributed by atoms with Crippen molar-refractivity contribution in [1.82, 2.24) is 5.32 Å². The normalized spacial score (nSPS) is 19.0. The summed E-state index contributed by atoms with van der Waals surface area (Å²) in [7, 11) is 3.00. The number of nitrogens with one attached hydrogen (secondary N) is 1. The summed E-state index contributed by atoms with van der Waals surface area (Å²) in [5.74, 6) is -0.542. The van der Waals surface area contributed by atoms with Crippen LogP contribution >= 0.6 is 0 Å². The van der Waals surface area contributed by atoms with Gasteiger partial charge in [-0.15, -0.1) is 0 Å². The molecule has 6 heteroatoms. The van der Waals surface area contributed by atoms with E-state index in [1.165, 1.54) is 24.1 Å². The maximum absolute atomic E-state index is 13.6. The second-order valence-electron chi connectivity index (χ2n) is 4.28. The van der Waals surface area contributed by atoms with Crippen LogP contribution in [0.15, 0.2) is 18.2 Å². The molecule has 0 radical (unpaired) electrons. The molecule has 1 aliphatic heterocycles. The zero-order valence-electron chi connectivity index (χ0n) is 11.0. The lowest BCUT2D eigenvalue weighted by Gasteiger charge is -2.27. The summed E-state index contributed by atoms with van der Waals surface area (Å²) >= 11 is 0. The number of methoxy groups -OCH3 is 1. The van der Waals surface area contributed by atoms with E-state index in [9.17, 15) is 9.18 Å². The van der Waals surface area contributed by atoms with Crippen LogP contribution in [-0.2, 0) is 9.53 Å². The number of likely N-dealkylation sites (N-methyl/N-ethyl adjacent to an activating group) is 1. The van der Waals surface area contributed by atoms with E-state index in [2.05, 4.69) is 5.32 Å². The van der Waals surface area contributed by atoms with Gasteiger partial charge in [0.05, 0.1) is 13.7 Å².